The molecule has 0 saturated carbocycles. The van der Waals surface area contributed by atoms with Crippen molar-refractivity contribution in [2.75, 3.05) is 13.1 Å². The molecule has 13 heteroatoms. The highest BCUT2D eigenvalue weighted by atomic mass is 19.1. The second-order valence-electron chi connectivity index (χ2n) is 11.3. The molecule has 1 aliphatic rings. The molecule has 1 saturated heterocycles. The maximum Gasteiger partial charge on any atom is 0.259 e. The first kappa shape index (κ1) is 29.1. The SMILES string of the molecule is Cc1noc(C)c1C(=O)N1CCC(n2cnc(-c3ccc(F)cc3)c2-c2ccc3nc(CC(=O)c4ccnc(F)c4)cn3n2)CC1. The Kier molecular flexibility index (Phi) is 7.43. The third-order valence-electron chi connectivity index (χ3n) is 8.31. The van der Waals surface area contributed by atoms with Gasteiger partial charge in [-0.25, -0.2) is 23.9 Å². The minimum absolute atomic E-state index is 0.0136. The number of hydrogen-bond donors (Lipinski definition) is 0. The number of carbonyl (C=O) groups is 2. The van der Waals surface area contributed by atoms with Crippen molar-refractivity contribution >= 4 is 17.3 Å². The molecule has 0 atom stereocenters. The smallest absolute Gasteiger partial charge is 0.259 e. The molecule has 0 N–H and O–H groups in total. The normalized spacial score (nSPS) is 13.9. The van der Waals surface area contributed by atoms with E-state index in [1.165, 1.54) is 24.4 Å². The van der Waals surface area contributed by atoms with Crippen LogP contribution in [0.25, 0.3) is 28.3 Å². The molecule has 0 radical (unpaired) electrons. The van der Waals surface area contributed by atoms with Crippen molar-refractivity contribution in [2.24, 2.45) is 0 Å². The molecule has 232 valence electrons. The van der Waals surface area contributed by atoms with Crippen molar-refractivity contribution < 1.29 is 22.9 Å². The van der Waals surface area contributed by atoms with Crippen LogP contribution in [0.4, 0.5) is 8.78 Å². The number of piperidine rings is 1. The number of halogens is 2. The van der Waals surface area contributed by atoms with E-state index in [1.54, 1.807) is 49.1 Å². The van der Waals surface area contributed by atoms with Crippen molar-refractivity contribution in [3.8, 4) is 22.6 Å². The number of ketones is 1. The van der Waals surface area contributed by atoms with E-state index in [1.807, 2.05) is 11.0 Å². The predicted octanol–water partition coefficient (Wildman–Crippen LogP) is 5.44. The van der Waals surface area contributed by atoms with Gasteiger partial charge in [0.2, 0.25) is 5.95 Å². The zero-order chi connectivity index (χ0) is 31.9. The Labute approximate surface area is 261 Å². The fourth-order valence-corrected chi connectivity index (χ4v) is 5.99. The van der Waals surface area contributed by atoms with E-state index in [0.29, 0.717) is 65.7 Å². The summed E-state index contributed by atoms with van der Waals surface area (Å²) in [5, 5.41) is 8.77. The molecule has 0 bridgehead atoms. The largest absolute Gasteiger partial charge is 0.361 e. The van der Waals surface area contributed by atoms with Crippen LogP contribution < -0.4 is 0 Å². The van der Waals surface area contributed by atoms with Crippen molar-refractivity contribution in [1.29, 1.82) is 0 Å². The van der Waals surface area contributed by atoms with Gasteiger partial charge in [0.25, 0.3) is 5.91 Å². The van der Waals surface area contributed by atoms with Gasteiger partial charge in [-0.1, -0.05) is 5.16 Å². The van der Waals surface area contributed by atoms with E-state index in [2.05, 4.69) is 19.7 Å². The summed E-state index contributed by atoms with van der Waals surface area (Å²) in [6.07, 6.45) is 6.01. The predicted molar refractivity (Wildman–Crippen MR) is 162 cm³/mol. The van der Waals surface area contributed by atoms with Crippen molar-refractivity contribution in [2.45, 2.75) is 39.2 Å². The fourth-order valence-electron chi connectivity index (χ4n) is 5.99. The first-order valence-corrected chi connectivity index (χ1v) is 14.8. The van der Waals surface area contributed by atoms with E-state index in [9.17, 15) is 18.4 Å². The number of imidazole rings is 2. The Balaban J connectivity index is 1.20. The second kappa shape index (κ2) is 11.7. The monoisotopic (exact) mass is 622 g/mol. The molecule has 0 spiro atoms. The van der Waals surface area contributed by atoms with E-state index < -0.39 is 5.95 Å². The zero-order valence-electron chi connectivity index (χ0n) is 25.0. The number of fused-ring (bicyclic) bond motifs is 1. The Morgan fingerprint density at radius 3 is 2.50 bits per heavy atom. The number of rotatable bonds is 7. The van der Waals surface area contributed by atoms with Gasteiger partial charge in [0.05, 0.1) is 41.7 Å². The molecule has 1 fully saturated rings. The quantitative estimate of drug-likeness (QED) is 0.170. The van der Waals surface area contributed by atoms with Gasteiger partial charge in [-0.15, -0.1) is 0 Å². The van der Waals surface area contributed by atoms with Crippen LogP contribution in [-0.2, 0) is 6.42 Å². The van der Waals surface area contributed by atoms with Gasteiger partial charge in [-0.3, -0.25) is 9.59 Å². The molecule has 0 aliphatic carbocycles. The van der Waals surface area contributed by atoms with Crippen LogP contribution in [0.2, 0.25) is 0 Å². The number of pyridine rings is 1. The first-order valence-electron chi connectivity index (χ1n) is 14.8. The molecule has 5 aromatic heterocycles. The minimum atomic E-state index is -0.724. The number of likely N-dealkylation sites (tertiary alicyclic amines) is 1. The van der Waals surface area contributed by atoms with E-state index in [-0.39, 0.29) is 35.5 Å². The lowest BCUT2D eigenvalue weighted by Crippen LogP contribution is -2.39. The highest BCUT2D eigenvalue weighted by molar-refractivity contribution is 5.97. The summed E-state index contributed by atoms with van der Waals surface area (Å²) >= 11 is 0. The average Bonchev–Trinajstić information content (AvgIpc) is 3.77. The van der Waals surface area contributed by atoms with Crippen LogP contribution in [0, 0.1) is 25.6 Å². The summed E-state index contributed by atoms with van der Waals surface area (Å²) < 4.78 is 36.3. The Morgan fingerprint density at radius 1 is 1.00 bits per heavy atom. The maximum atomic E-state index is 13.8. The third-order valence-corrected chi connectivity index (χ3v) is 8.31. The summed E-state index contributed by atoms with van der Waals surface area (Å²) in [4.78, 5) is 40.6. The van der Waals surface area contributed by atoms with Crippen molar-refractivity contribution in [3.63, 3.8) is 0 Å². The Bertz CT molecular complexity index is 2070. The molecular formula is C33H28F2N8O3. The summed E-state index contributed by atoms with van der Waals surface area (Å²) in [6.45, 7) is 4.56. The average molecular weight is 623 g/mol. The molecule has 0 unspecified atom stereocenters. The molecule has 7 rings (SSSR count). The lowest BCUT2D eigenvalue weighted by atomic mass is 10.0. The van der Waals surface area contributed by atoms with Crippen molar-refractivity contribution in [1.82, 2.24) is 39.2 Å². The standard InChI is InChI=1S/C33H28F2N8O3/c1-19-30(20(2)46-40-19)33(45)41-13-10-25(11-14-41)42-18-37-31(21-3-5-23(34)6-4-21)32(42)26-7-8-29-38-24(17-43(29)39-26)16-27(44)22-9-12-36-28(35)15-22/h3-9,12,15,17-18,25H,10-11,13-14,16H2,1-2H3. The Morgan fingerprint density at radius 2 is 1.78 bits per heavy atom. The number of aromatic nitrogens is 7. The van der Waals surface area contributed by atoms with E-state index >= 15 is 0 Å². The van der Waals surface area contributed by atoms with Crippen LogP contribution in [0.3, 0.4) is 0 Å². The number of carbonyl (C=O) groups excluding carboxylic acids is 2. The van der Waals surface area contributed by atoms with E-state index in [4.69, 9.17) is 14.6 Å². The van der Waals surface area contributed by atoms with Crippen LogP contribution in [0.1, 0.15) is 56.7 Å². The highest BCUT2D eigenvalue weighted by Crippen LogP contribution is 2.36. The van der Waals surface area contributed by atoms with Gasteiger partial charge in [0.1, 0.15) is 22.8 Å². The number of Topliss-reactive ketones (excluding diaryl/α,β-unsaturated/α-hetero) is 1. The van der Waals surface area contributed by atoms with Crippen LogP contribution in [0.5, 0.6) is 0 Å². The van der Waals surface area contributed by atoms with Gasteiger partial charge in [0.15, 0.2) is 11.4 Å². The minimum Gasteiger partial charge on any atom is -0.361 e. The van der Waals surface area contributed by atoms with Crippen molar-refractivity contribution in [3.05, 3.63) is 107 Å². The summed E-state index contributed by atoms with van der Waals surface area (Å²) in [7, 11) is 0. The zero-order valence-corrected chi connectivity index (χ0v) is 25.0. The number of benzene rings is 1. The van der Waals surface area contributed by atoms with Gasteiger partial charge in [-0.2, -0.15) is 9.49 Å². The van der Waals surface area contributed by atoms with Crippen LogP contribution >= 0.6 is 0 Å². The molecule has 46 heavy (non-hydrogen) atoms. The van der Waals surface area contributed by atoms with Gasteiger partial charge in [0, 0.05) is 42.5 Å². The lowest BCUT2D eigenvalue weighted by molar-refractivity contribution is 0.0692. The fraction of sp³-hybridized carbons (Fsp3) is 0.242. The molecule has 1 aliphatic heterocycles. The highest BCUT2D eigenvalue weighted by Gasteiger charge is 2.30. The molecule has 11 nitrogen and oxygen atoms in total. The summed E-state index contributed by atoms with van der Waals surface area (Å²) in [6, 6.07) is 12.4. The maximum absolute atomic E-state index is 13.8. The topological polar surface area (TPSA) is 124 Å². The molecule has 6 aromatic rings. The van der Waals surface area contributed by atoms with Gasteiger partial charge >= 0.3 is 0 Å². The van der Waals surface area contributed by atoms with Crippen LogP contribution in [0.15, 0.2) is 71.8 Å². The number of aryl methyl sites for hydroxylation is 2. The number of nitrogens with zero attached hydrogens (tertiary/aromatic N) is 8. The van der Waals surface area contributed by atoms with E-state index in [0.717, 1.165) is 17.3 Å². The molecule has 6 heterocycles. The lowest BCUT2D eigenvalue weighted by Gasteiger charge is -2.33. The van der Waals surface area contributed by atoms with Crippen LogP contribution in [-0.4, -0.2) is 64.0 Å². The second-order valence-corrected chi connectivity index (χ2v) is 11.3. The number of hydrogen-bond acceptors (Lipinski definition) is 8. The van der Waals surface area contributed by atoms with Gasteiger partial charge in [-0.05, 0) is 69.2 Å². The Hall–Kier alpha value is -5.59. The first-order chi connectivity index (χ1) is 22.2. The summed E-state index contributed by atoms with van der Waals surface area (Å²) in [5.41, 5.74) is 5.01. The van der Waals surface area contributed by atoms with Gasteiger partial charge < -0.3 is 14.0 Å². The molecule has 1 aromatic carbocycles. The number of amides is 1. The molecular weight excluding hydrogens is 594 g/mol. The third kappa shape index (κ3) is 5.44. The molecule has 1 amide bonds. The summed E-state index contributed by atoms with van der Waals surface area (Å²) in [5.74, 6) is -0.956.